The van der Waals surface area contributed by atoms with E-state index >= 15 is 0 Å². The molecule has 1 unspecified atom stereocenters. The number of rotatable bonds is 3. The number of anilines is 1. The van der Waals surface area contributed by atoms with Gasteiger partial charge in [-0.3, -0.25) is 19.7 Å². The van der Waals surface area contributed by atoms with E-state index in [1.165, 1.54) is 24.0 Å². The predicted molar refractivity (Wildman–Crippen MR) is 97.0 cm³/mol. The number of piperidine rings is 3. The van der Waals surface area contributed by atoms with Crippen LogP contribution in [0.15, 0.2) is 12.1 Å². The Bertz CT molecular complexity index is 803. The van der Waals surface area contributed by atoms with Gasteiger partial charge in [-0.15, -0.1) is 0 Å². The number of nitrogens with one attached hydrogen (secondary N) is 1. The van der Waals surface area contributed by atoms with Gasteiger partial charge < -0.3 is 19.9 Å². The van der Waals surface area contributed by atoms with Crippen LogP contribution in [0, 0.1) is 16.0 Å². The molecule has 27 heavy (non-hydrogen) atoms. The third-order valence-electron chi connectivity index (χ3n) is 5.71. The van der Waals surface area contributed by atoms with Gasteiger partial charge >= 0.3 is 0 Å². The van der Waals surface area contributed by atoms with Crippen LogP contribution in [-0.2, 0) is 4.79 Å². The highest BCUT2D eigenvalue weighted by Gasteiger charge is 2.36. The number of nitro groups is 1. The lowest BCUT2D eigenvalue weighted by atomic mass is 9.84. The highest BCUT2D eigenvalue weighted by atomic mass is 16.6. The van der Waals surface area contributed by atoms with Crippen molar-refractivity contribution in [1.82, 2.24) is 10.2 Å². The summed E-state index contributed by atoms with van der Waals surface area (Å²) in [6, 6.07) is 2.56. The van der Waals surface area contributed by atoms with Gasteiger partial charge in [-0.05, 0) is 31.8 Å². The van der Waals surface area contributed by atoms with E-state index in [1.54, 1.807) is 0 Å². The zero-order chi connectivity index (χ0) is 19.1. The third-order valence-corrected chi connectivity index (χ3v) is 5.71. The van der Waals surface area contributed by atoms with Crippen molar-refractivity contribution in [3.8, 4) is 5.75 Å². The fourth-order valence-electron chi connectivity index (χ4n) is 4.29. The van der Waals surface area contributed by atoms with Gasteiger partial charge in [0.05, 0.1) is 22.7 Å². The molecule has 0 radical (unpaired) electrons. The quantitative estimate of drug-likeness (QED) is 0.629. The molecule has 4 aliphatic rings. The summed E-state index contributed by atoms with van der Waals surface area (Å²) in [4.78, 5) is 39.4. The summed E-state index contributed by atoms with van der Waals surface area (Å²) in [7, 11) is 0. The summed E-state index contributed by atoms with van der Waals surface area (Å²) < 4.78 is 5.65. The van der Waals surface area contributed by atoms with Crippen LogP contribution >= 0.6 is 0 Å². The molecule has 9 nitrogen and oxygen atoms in total. The Balaban J connectivity index is 1.67. The van der Waals surface area contributed by atoms with Crippen LogP contribution in [0.25, 0.3) is 0 Å². The number of hydrogen-bond acceptors (Lipinski definition) is 6. The van der Waals surface area contributed by atoms with E-state index in [1.807, 2.05) is 0 Å². The van der Waals surface area contributed by atoms with Crippen LogP contribution in [0.5, 0.6) is 5.75 Å². The second kappa shape index (κ2) is 6.80. The topological polar surface area (TPSA) is 105 Å². The summed E-state index contributed by atoms with van der Waals surface area (Å²) in [5.74, 6) is 0.0341. The minimum Gasteiger partial charge on any atom is -0.489 e. The minimum atomic E-state index is -0.557. The van der Waals surface area contributed by atoms with E-state index in [0.717, 1.165) is 32.5 Å². The van der Waals surface area contributed by atoms with Gasteiger partial charge in [0.25, 0.3) is 11.6 Å². The molecule has 4 aliphatic heterocycles. The van der Waals surface area contributed by atoms with Crippen molar-refractivity contribution in [3.05, 3.63) is 27.8 Å². The Kier molecular flexibility index (Phi) is 4.47. The molecule has 0 saturated carbocycles. The van der Waals surface area contributed by atoms with Gasteiger partial charge in [0.2, 0.25) is 5.91 Å². The first-order valence-corrected chi connectivity index (χ1v) is 9.20. The summed E-state index contributed by atoms with van der Waals surface area (Å²) in [5, 5.41) is 14.4. The summed E-state index contributed by atoms with van der Waals surface area (Å²) in [6.45, 7) is 4.84. The van der Waals surface area contributed by atoms with Crippen LogP contribution in [0.2, 0.25) is 0 Å². The molecule has 1 aromatic carbocycles. The predicted octanol–water partition coefficient (Wildman–Crippen LogP) is 1.16. The van der Waals surface area contributed by atoms with Crippen molar-refractivity contribution < 1.29 is 19.2 Å². The number of nitrogens with zero attached hydrogens (tertiary/aromatic N) is 3. The Morgan fingerprint density at radius 2 is 2.00 bits per heavy atom. The molecule has 2 bridgehead atoms. The van der Waals surface area contributed by atoms with Crippen molar-refractivity contribution in [2.45, 2.75) is 25.8 Å². The number of fused-ring (bicyclic) bond motifs is 4. The van der Waals surface area contributed by atoms with Crippen molar-refractivity contribution in [2.75, 3.05) is 37.7 Å². The Morgan fingerprint density at radius 1 is 1.26 bits per heavy atom. The average Bonchev–Trinajstić information content (AvgIpc) is 2.67. The number of nitro benzene ring substituents is 1. The normalized spacial score (nSPS) is 26.1. The van der Waals surface area contributed by atoms with Crippen LogP contribution in [0.1, 0.15) is 30.1 Å². The fourth-order valence-corrected chi connectivity index (χ4v) is 4.29. The van der Waals surface area contributed by atoms with Gasteiger partial charge in [0.1, 0.15) is 6.61 Å². The van der Waals surface area contributed by atoms with Gasteiger partial charge in [0, 0.05) is 31.6 Å². The molecule has 144 valence electrons. The molecule has 0 aromatic heterocycles. The van der Waals surface area contributed by atoms with Gasteiger partial charge in [-0.1, -0.05) is 0 Å². The second-order valence-corrected chi connectivity index (χ2v) is 7.34. The number of benzene rings is 1. The minimum absolute atomic E-state index is 0.0300. The number of ether oxygens (including phenoxy) is 1. The molecular formula is C18H22N4O5. The monoisotopic (exact) mass is 374 g/mol. The molecule has 5 rings (SSSR count). The maximum absolute atomic E-state index is 13.0. The summed E-state index contributed by atoms with van der Waals surface area (Å²) in [6.07, 6.45) is 2.10. The molecular weight excluding hydrogens is 352 g/mol. The highest BCUT2D eigenvalue weighted by molar-refractivity contribution is 6.03. The molecule has 4 heterocycles. The maximum Gasteiger partial charge on any atom is 0.272 e. The molecule has 1 N–H and O–H groups in total. The van der Waals surface area contributed by atoms with Crippen LogP contribution < -0.4 is 15.0 Å². The van der Waals surface area contributed by atoms with E-state index in [2.05, 4.69) is 10.2 Å². The lowest BCUT2D eigenvalue weighted by molar-refractivity contribution is -0.384. The van der Waals surface area contributed by atoms with Gasteiger partial charge in [0.15, 0.2) is 5.75 Å². The smallest absolute Gasteiger partial charge is 0.272 e. The first kappa shape index (κ1) is 17.7. The van der Waals surface area contributed by atoms with Crippen molar-refractivity contribution >= 4 is 23.2 Å². The fraction of sp³-hybridized carbons (Fsp3) is 0.556. The largest absolute Gasteiger partial charge is 0.489 e. The zero-order valence-electron chi connectivity index (χ0n) is 15.1. The van der Waals surface area contributed by atoms with E-state index in [0.29, 0.717) is 12.5 Å². The summed E-state index contributed by atoms with van der Waals surface area (Å²) in [5.41, 5.74) is 0.160. The highest BCUT2D eigenvalue weighted by Crippen LogP contribution is 2.39. The van der Waals surface area contributed by atoms with Crippen LogP contribution in [0.4, 0.5) is 11.4 Å². The first-order valence-electron chi connectivity index (χ1n) is 9.20. The Morgan fingerprint density at radius 3 is 2.59 bits per heavy atom. The molecule has 1 atom stereocenters. The second-order valence-electron chi connectivity index (χ2n) is 7.34. The molecule has 9 heteroatoms. The molecule has 2 amide bonds. The van der Waals surface area contributed by atoms with Crippen molar-refractivity contribution in [2.24, 2.45) is 5.92 Å². The van der Waals surface area contributed by atoms with Gasteiger partial charge in [-0.25, -0.2) is 0 Å². The van der Waals surface area contributed by atoms with E-state index in [4.69, 9.17) is 4.74 Å². The Labute approximate surface area is 156 Å². The van der Waals surface area contributed by atoms with Crippen molar-refractivity contribution in [1.29, 1.82) is 0 Å². The molecule has 0 spiro atoms. The number of amides is 2. The third kappa shape index (κ3) is 3.23. The van der Waals surface area contributed by atoms with Crippen LogP contribution in [-0.4, -0.2) is 60.5 Å². The molecule has 0 aliphatic carbocycles. The SMILES string of the molecule is CC(=O)N1CCOc2c(C(=O)NC3CN4CCC3CC4)cc([N+](=O)[O-])cc21. The number of carbonyl (C=O) groups is 2. The van der Waals surface area contributed by atoms with E-state index in [9.17, 15) is 19.7 Å². The Hall–Kier alpha value is -2.68. The molecule has 1 aromatic rings. The standard InChI is InChI=1S/C18H22N4O5/c1-11(23)21-6-7-27-17-14(8-13(22(25)26)9-16(17)21)18(24)19-15-10-20-4-2-12(15)3-5-20/h8-9,12,15H,2-7,10H2,1H3,(H,19,24). The number of carbonyl (C=O) groups excluding carboxylic acids is 2. The maximum atomic E-state index is 13.0. The van der Waals surface area contributed by atoms with Gasteiger partial charge in [-0.2, -0.15) is 0 Å². The molecule has 3 saturated heterocycles. The summed E-state index contributed by atoms with van der Waals surface area (Å²) >= 11 is 0. The lowest BCUT2D eigenvalue weighted by Crippen LogP contribution is -2.57. The average molecular weight is 374 g/mol. The van der Waals surface area contributed by atoms with E-state index < -0.39 is 4.92 Å². The number of non-ortho nitro benzene ring substituents is 1. The zero-order valence-corrected chi connectivity index (χ0v) is 15.1. The number of hydrogen-bond donors (Lipinski definition) is 1. The first-order chi connectivity index (χ1) is 12.9. The van der Waals surface area contributed by atoms with Crippen LogP contribution in [0.3, 0.4) is 0 Å². The lowest BCUT2D eigenvalue weighted by Gasteiger charge is -2.45. The van der Waals surface area contributed by atoms with Crippen molar-refractivity contribution in [3.63, 3.8) is 0 Å². The molecule has 3 fully saturated rings. The van der Waals surface area contributed by atoms with E-state index in [-0.39, 0.29) is 47.2 Å².